The summed E-state index contributed by atoms with van der Waals surface area (Å²) in [7, 11) is 1.60. The summed E-state index contributed by atoms with van der Waals surface area (Å²) < 4.78 is 6.99. The second-order valence-electron chi connectivity index (χ2n) is 9.14. The zero-order valence-electron chi connectivity index (χ0n) is 22.6. The maximum Gasteiger partial charge on any atom is 0.322 e. The minimum atomic E-state index is -0.448. The number of benzene rings is 3. The van der Waals surface area contributed by atoms with Crippen LogP contribution < -0.4 is 15.4 Å². The van der Waals surface area contributed by atoms with E-state index in [1.807, 2.05) is 68.4 Å². The predicted octanol–water partition coefficient (Wildman–Crippen LogP) is 7.44. The molecule has 0 fully saturated rings. The number of anilines is 2. The van der Waals surface area contributed by atoms with Crippen LogP contribution in [0.1, 0.15) is 25.5 Å². The third kappa shape index (κ3) is 6.76. The lowest BCUT2D eigenvalue weighted by molar-refractivity contribution is -0.116. The molecule has 0 bridgehead atoms. The minimum absolute atomic E-state index is 0.176. The molecule has 0 aliphatic rings. The van der Waals surface area contributed by atoms with Gasteiger partial charge in [0.25, 0.3) is 0 Å². The van der Waals surface area contributed by atoms with Gasteiger partial charge in [-0.25, -0.2) is 9.48 Å². The number of amides is 3. The zero-order chi connectivity index (χ0) is 28.6. The number of carbonyl (C=O) groups is 2. The molecule has 1 heterocycles. The molecule has 0 radical (unpaired) electrons. The second kappa shape index (κ2) is 13.4. The highest BCUT2D eigenvalue weighted by Gasteiger charge is 2.23. The van der Waals surface area contributed by atoms with E-state index in [1.54, 1.807) is 30.0 Å². The van der Waals surface area contributed by atoms with Crippen molar-refractivity contribution in [3.63, 3.8) is 0 Å². The molecule has 4 aromatic rings. The lowest BCUT2D eigenvalue weighted by atomic mass is 10.1. The molecular formula is C30H31Cl2N5O3. The topological polar surface area (TPSA) is 88.5 Å². The Bertz CT molecular complexity index is 1470. The number of unbranched alkanes of at least 4 members (excludes halogenated alkanes) is 1. The third-order valence-electron chi connectivity index (χ3n) is 6.29. The molecule has 1 aromatic heterocycles. The monoisotopic (exact) mass is 579 g/mol. The number of nitrogens with one attached hydrogen (secondary N) is 2. The van der Waals surface area contributed by atoms with E-state index in [9.17, 15) is 9.59 Å². The van der Waals surface area contributed by atoms with Gasteiger partial charge >= 0.3 is 6.03 Å². The molecule has 0 aliphatic carbocycles. The van der Waals surface area contributed by atoms with Gasteiger partial charge in [-0.1, -0.05) is 72.9 Å². The molecule has 0 saturated carbocycles. The summed E-state index contributed by atoms with van der Waals surface area (Å²) in [4.78, 5) is 28.2. The molecule has 2 N–H and O–H groups in total. The van der Waals surface area contributed by atoms with Crippen molar-refractivity contribution in [3.05, 3.63) is 88.5 Å². The maximum atomic E-state index is 13.5. The van der Waals surface area contributed by atoms with Crippen LogP contribution in [0.15, 0.2) is 72.8 Å². The van der Waals surface area contributed by atoms with Gasteiger partial charge in [-0.05, 0) is 55.3 Å². The van der Waals surface area contributed by atoms with Crippen LogP contribution in [0.25, 0.3) is 16.8 Å². The van der Waals surface area contributed by atoms with Crippen LogP contribution >= 0.6 is 23.2 Å². The van der Waals surface area contributed by atoms with Gasteiger partial charge in [0.1, 0.15) is 18.1 Å². The second-order valence-corrected chi connectivity index (χ2v) is 9.92. The molecular weight excluding hydrogens is 549 g/mol. The van der Waals surface area contributed by atoms with Gasteiger partial charge in [0.2, 0.25) is 5.91 Å². The Morgan fingerprint density at radius 3 is 2.38 bits per heavy atom. The van der Waals surface area contributed by atoms with Crippen molar-refractivity contribution < 1.29 is 14.3 Å². The number of ether oxygens (including phenoxy) is 1. The number of rotatable bonds is 10. The van der Waals surface area contributed by atoms with Crippen molar-refractivity contribution in [2.75, 3.05) is 30.8 Å². The molecule has 10 heteroatoms. The Morgan fingerprint density at radius 2 is 1.70 bits per heavy atom. The molecule has 3 amide bonds. The number of nitrogens with zero attached hydrogens (tertiary/aromatic N) is 3. The van der Waals surface area contributed by atoms with Crippen LogP contribution in [0.3, 0.4) is 0 Å². The third-order valence-corrected chi connectivity index (χ3v) is 7.11. The molecule has 3 aromatic carbocycles. The van der Waals surface area contributed by atoms with E-state index >= 15 is 0 Å². The minimum Gasteiger partial charge on any atom is -0.497 e. The van der Waals surface area contributed by atoms with Gasteiger partial charge in [0.05, 0.1) is 34.2 Å². The number of aryl methyl sites for hydroxylation is 1. The summed E-state index contributed by atoms with van der Waals surface area (Å²) in [6.45, 7) is 4.13. The van der Waals surface area contributed by atoms with Gasteiger partial charge < -0.3 is 20.3 Å². The molecule has 8 nitrogen and oxygen atoms in total. The van der Waals surface area contributed by atoms with E-state index in [2.05, 4.69) is 10.6 Å². The first-order chi connectivity index (χ1) is 19.3. The van der Waals surface area contributed by atoms with E-state index in [-0.39, 0.29) is 17.5 Å². The highest BCUT2D eigenvalue weighted by atomic mass is 35.5. The van der Waals surface area contributed by atoms with Gasteiger partial charge in [0, 0.05) is 12.1 Å². The number of hydrogen-bond donors (Lipinski definition) is 2. The molecule has 0 unspecified atom stereocenters. The number of methoxy groups -OCH3 is 1. The Hall–Kier alpha value is -4.01. The number of aromatic nitrogens is 2. The van der Waals surface area contributed by atoms with Crippen molar-refractivity contribution in [1.82, 2.24) is 14.7 Å². The first kappa shape index (κ1) is 29.0. The van der Waals surface area contributed by atoms with Crippen LogP contribution in [0.2, 0.25) is 10.0 Å². The number of carbonyl (C=O) groups excluding carboxylic acids is 2. The largest absolute Gasteiger partial charge is 0.497 e. The Morgan fingerprint density at radius 1 is 0.975 bits per heavy atom. The first-order valence-corrected chi connectivity index (χ1v) is 13.7. The number of urea groups is 1. The zero-order valence-corrected chi connectivity index (χ0v) is 24.1. The van der Waals surface area contributed by atoms with Gasteiger partial charge in [-0.2, -0.15) is 5.10 Å². The fourth-order valence-electron chi connectivity index (χ4n) is 4.24. The van der Waals surface area contributed by atoms with Gasteiger partial charge in [-0.3, -0.25) is 4.79 Å². The van der Waals surface area contributed by atoms with E-state index in [4.69, 9.17) is 33.0 Å². The average Bonchev–Trinajstić information content (AvgIpc) is 3.28. The highest BCUT2D eigenvalue weighted by molar-refractivity contribution is 6.44. The summed E-state index contributed by atoms with van der Waals surface area (Å²) in [6, 6.07) is 21.7. The van der Waals surface area contributed by atoms with Crippen LogP contribution in [0.5, 0.6) is 5.75 Å². The van der Waals surface area contributed by atoms with E-state index in [1.165, 1.54) is 4.90 Å². The molecule has 40 heavy (non-hydrogen) atoms. The van der Waals surface area contributed by atoms with E-state index in [0.29, 0.717) is 28.8 Å². The Balaban J connectivity index is 1.63. The highest BCUT2D eigenvalue weighted by Crippen LogP contribution is 2.34. The molecule has 0 aliphatic heterocycles. The number of halogens is 2. The normalized spacial score (nSPS) is 10.7. The Kier molecular flexibility index (Phi) is 9.69. The summed E-state index contributed by atoms with van der Waals surface area (Å²) >= 11 is 12.4. The average molecular weight is 581 g/mol. The number of hydrogen-bond acceptors (Lipinski definition) is 4. The predicted molar refractivity (Wildman–Crippen MR) is 161 cm³/mol. The van der Waals surface area contributed by atoms with Crippen molar-refractivity contribution in [2.45, 2.75) is 26.7 Å². The summed E-state index contributed by atoms with van der Waals surface area (Å²) in [5.41, 5.74) is 3.57. The fraction of sp³-hybridized carbons (Fsp3) is 0.233. The molecule has 4 rings (SSSR count). The Labute approximate surface area is 243 Å². The van der Waals surface area contributed by atoms with E-state index in [0.717, 1.165) is 35.3 Å². The summed E-state index contributed by atoms with van der Waals surface area (Å²) in [6.07, 6.45) is 1.58. The maximum absolute atomic E-state index is 13.5. The molecule has 0 atom stereocenters. The van der Waals surface area contributed by atoms with Crippen LogP contribution in [-0.4, -0.2) is 46.8 Å². The summed E-state index contributed by atoms with van der Waals surface area (Å²) in [5.74, 6) is 0.849. The fourth-order valence-corrected chi connectivity index (χ4v) is 4.59. The van der Waals surface area contributed by atoms with Gasteiger partial charge in [-0.15, -0.1) is 0 Å². The van der Waals surface area contributed by atoms with Crippen molar-refractivity contribution in [2.24, 2.45) is 0 Å². The molecule has 0 saturated heterocycles. The molecule has 0 spiro atoms. The van der Waals surface area contributed by atoms with E-state index < -0.39 is 6.03 Å². The van der Waals surface area contributed by atoms with Crippen LogP contribution in [0, 0.1) is 6.92 Å². The standard InChI is InChI=1S/C30H31Cl2N5O3/c1-4-5-18-36(30(39)33-25-13-9-12-24(31)28(25)32)19-26(38)34-29-27(21-10-7-6-8-11-21)20(2)35-37(29)22-14-16-23(40-3)17-15-22/h6-17H,4-5,18-19H2,1-3H3,(H,33,39)(H,34,38). The van der Waals surface area contributed by atoms with Crippen LogP contribution in [0.4, 0.5) is 16.3 Å². The van der Waals surface area contributed by atoms with Crippen LogP contribution in [-0.2, 0) is 4.79 Å². The van der Waals surface area contributed by atoms with Crippen molar-refractivity contribution in [1.29, 1.82) is 0 Å². The lowest BCUT2D eigenvalue weighted by Gasteiger charge is -2.23. The van der Waals surface area contributed by atoms with Crippen molar-refractivity contribution >= 4 is 46.6 Å². The van der Waals surface area contributed by atoms with Gasteiger partial charge in [0.15, 0.2) is 0 Å². The quantitative estimate of drug-likeness (QED) is 0.204. The smallest absolute Gasteiger partial charge is 0.322 e. The first-order valence-electron chi connectivity index (χ1n) is 12.9. The summed E-state index contributed by atoms with van der Waals surface area (Å²) in [5, 5.41) is 11.1. The SMILES string of the molecule is CCCCN(CC(=O)Nc1c(-c2ccccc2)c(C)nn1-c1ccc(OC)cc1)C(=O)Nc1cccc(Cl)c1Cl. The molecule has 208 valence electrons. The van der Waals surface area contributed by atoms with Crippen molar-refractivity contribution in [3.8, 4) is 22.6 Å². The lowest BCUT2D eigenvalue weighted by Crippen LogP contribution is -2.41.